The number of rotatable bonds is 10. The number of hydrogen-bond acceptors (Lipinski definition) is 7. The molecule has 0 spiro atoms. The van der Waals surface area contributed by atoms with Gasteiger partial charge in [-0.25, -0.2) is 4.98 Å². The van der Waals surface area contributed by atoms with Gasteiger partial charge in [-0.15, -0.1) is 12.4 Å². The lowest BCUT2D eigenvalue weighted by molar-refractivity contribution is -0.136. The normalized spacial score (nSPS) is 10.1. The molecule has 2 rings (SSSR count). The van der Waals surface area contributed by atoms with E-state index in [1.54, 1.807) is 0 Å². The molecule has 0 unspecified atom stereocenters. The molecule has 0 atom stereocenters. The van der Waals surface area contributed by atoms with Crippen molar-refractivity contribution in [1.29, 1.82) is 0 Å². The van der Waals surface area contributed by atoms with E-state index in [2.05, 4.69) is 9.97 Å². The third kappa shape index (κ3) is 6.82. The quantitative estimate of drug-likeness (QED) is 0.521. The second kappa shape index (κ2) is 11.1. The lowest BCUT2D eigenvalue weighted by Gasteiger charge is -2.13. The third-order valence-corrected chi connectivity index (χ3v) is 3.69. The molecule has 0 saturated carbocycles. The van der Waals surface area contributed by atoms with E-state index in [0.717, 1.165) is 5.56 Å². The van der Waals surface area contributed by atoms with Gasteiger partial charge in [-0.3, -0.25) is 4.79 Å². The molecule has 0 radical (unpaired) electrons. The van der Waals surface area contributed by atoms with Crippen LogP contribution in [-0.4, -0.2) is 34.3 Å². The number of ether oxygens (including phenoxy) is 2. The summed E-state index contributed by atoms with van der Waals surface area (Å²) in [7, 11) is 0. The van der Waals surface area contributed by atoms with Crippen molar-refractivity contribution in [3.63, 3.8) is 0 Å². The van der Waals surface area contributed by atoms with Crippen LogP contribution < -0.4 is 20.9 Å². The molecule has 1 aromatic heterocycles. The molecule has 0 bridgehead atoms. The van der Waals surface area contributed by atoms with Crippen LogP contribution in [-0.2, 0) is 17.6 Å². The van der Waals surface area contributed by atoms with Crippen LogP contribution in [0.1, 0.15) is 31.0 Å². The SMILES string of the molecule is CCc1nc(N)nc(N)c1OCCCOc1ccccc1CCC(=O)O.Cl. The fraction of sp³-hybridized carbons (Fsp3) is 0.389. The number of aryl methyl sites for hydroxylation is 2. The topological polar surface area (TPSA) is 134 Å². The van der Waals surface area contributed by atoms with Crippen LogP contribution in [0.3, 0.4) is 0 Å². The van der Waals surface area contributed by atoms with Gasteiger partial charge in [0.25, 0.3) is 0 Å². The van der Waals surface area contributed by atoms with Gasteiger partial charge in [-0.2, -0.15) is 4.98 Å². The molecule has 148 valence electrons. The molecule has 0 aliphatic rings. The van der Waals surface area contributed by atoms with Crippen molar-refractivity contribution in [2.45, 2.75) is 32.6 Å². The predicted octanol–water partition coefficient (Wildman–Crippen LogP) is 2.49. The molecule has 2 aromatic rings. The average molecular weight is 397 g/mol. The highest BCUT2D eigenvalue weighted by Gasteiger charge is 2.11. The highest BCUT2D eigenvalue weighted by Crippen LogP contribution is 2.25. The molecular weight excluding hydrogens is 372 g/mol. The Morgan fingerprint density at radius 3 is 2.56 bits per heavy atom. The van der Waals surface area contributed by atoms with Gasteiger partial charge in [0.1, 0.15) is 5.75 Å². The molecule has 1 heterocycles. The highest BCUT2D eigenvalue weighted by atomic mass is 35.5. The van der Waals surface area contributed by atoms with E-state index in [4.69, 9.17) is 26.0 Å². The number of nitrogens with two attached hydrogens (primary N) is 2. The van der Waals surface area contributed by atoms with Crippen molar-refractivity contribution in [1.82, 2.24) is 9.97 Å². The maximum Gasteiger partial charge on any atom is 0.303 e. The summed E-state index contributed by atoms with van der Waals surface area (Å²) in [5, 5.41) is 8.82. The zero-order valence-corrected chi connectivity index (χ0v) is 16.0. The number of halogens is 1. The number of aromatic nitrogens is 2. The molecule has 0 amide bonds. The van der Waals surface area contributed by atoms with E-state index in [9.17, 15) is 4.79 Å². The number of hydrogen-bond donors (Lipinski definition) is 3. The van der Waals surface area contributed by atoms with E-state index < -0.39 is 5.97 Å². The molecule has 27 heavy (non-hydrogen) atoms. The van der Waals surface area contributed by atoms with Crippen LogP contribution in [0.4, 0.5) is 11.8 Å². The Kier molecular flexibility index (Phi) is 9.15. The smallest absolute Gasteiger partial charge is 0.303 e. The Hall–Kier alpha value is -2.74. The first-order valence-electron chi connectivity index (χ1n) is 8.48. The fourth-order valence-corrected chi connectivity index (χ4v) is 2.44. The summed E-state index contributed by atoms with van der Waals surface area (Å²) in [6, 6.07) is 7.42. The van der Waals surface area contributed by atoms with E-state index >= 15 is 0 Å². The van der Waals surface area contributed by atoms with Crippen molar-refractivity contribution < 1.29 is 19.4 Å². The average Bonchev–Trinajstić information content (AvgIpc) is 2.61. The van der Waals surface area contributed by atoms with Gasteiger partial charge in [0.05, 0.1) is 18.9 Å². The molecule has 5 N–H and O–H groups in total. The van der Waals surface area contributed by atoms with E-state index in [-0.39, 0.29) is 30.6 Å². The predicted molar refractivity (Wildman–Crippen MR) is 105 cm³/mol. The number of anilines is 2. The standard InChI is InChI=1S/C18H24N4O4.ClH/c1-2-13-16(17(19)22-18(20)21-13)26-11-5-10-25-14-7-4-3-6-12(14)8-9-15(23)24;/h3-4,6-7H,2,5,8-11H2,1H3,(H,23,24)(H4,19,20,21,22);1H. The second-order valence-corrected chi connectivity index (χ2v) is 5.65. The van der Waals surface area contributed by atoms with Crippen molar-refractivity contribution in [2.75, 3.05) is 24.7 Å². The van der Waals surface area contributed by atoms with Crippen molar-refractivity contribution in [3.8, 4) is 11.5 Å². The van der Waals surface area contributed by atoms with E-state index in [1.165, 1.54) is 0 Å². The Labute approximate surface area is 164 Å². The number of nitrogens with zero attached hydrogens (tertiary/aromatic N) is 2. The van der Waals surface area contributed by atoms with Crippen LogP contribution >= 0.6 is 12.4 Å². The van der Waals surface area contributed by atoms with Crippen LogP contribution in [0.5, 0.6) is 11.5 Å². The van der Waals surface area contributed by atoms with Crippen molar-refractivity contribution in [3.05, 3.63) is 35.5 Å². The third-order valence-electron chi connectivity index (χ3n) is 3.69. The maximum atomic E-state index is 10.7. The van der Waals surface area contributed by atoms with Gasteiger partial charge in [0.15, 0.2) is 11.6 Å². The number of carboxylic acids is 1. The lowest BCUT2D eigenvalue weighted by Crippen LogP contribution is -2.11. The fourth-order valence-electron chi connectivity index (χ4n) is 2.44. The summed E-state index contributed by atoms with van der Waals surface area (Å²) < 4.78 is 11.5. The zero-order chi connectivity index (χ0) is 18.9. The number of benzene rings is 1. The summed E-state index contributed by atoms with van der Waals surface area (Å²) in [5.41, 5.74) is 13.0. The number of nitrogen functional groups attached to an aromatic ring is 2. The first-order valence-corrected chi connectivity index (χ1v) is 8.48. The number of aliphatic carboxylic acids is 1. The van der Waals surface area contributed by atoms with Gasteiger partial charge >= 0.3 is 5.97 Å². The summed E-state index contributed by atoms with van der Waals surface area (Å²) in [6.07, 6.45) is 1.76. The first-order chi connectivity index (χ1) is 12.5. The number of para-hydroxylation sites is 1. The van der Waals surface area contributed by atoms with Crippen molar-refractivity contribution in [2.24, 2.45) is 0 Å². The van der Waals surface area contributed by atoms with Gasteiger partial charge in [-0.1, -0.05) is 25.1 Å². The highest BCUT2D eigenvalue weighted by molar-refractivity contribution is 5.85. The monoisotopic (exact) mass is 396 g/mol. The zero-order valence-electron chi connectivity index (χ0n) is 15.2. The summed E-state index contributed by atoms with van der Waals surface area (Å²) in [6.45, 7) is 2.76. The Bertz CT molecular complexity index is 758. The summed E-state index contributed by atoms with van der Waals surface area (Å²) in [5.74, 6) is 0.687. The Morgan fingerprint density at radius 2 is 1.85 bits per heavy atom. The van der Waals surface area contributed by atoms with Crippen LogP contribution in [0.2, 0.25) is 0 Å². The molecule has 8 nitrogen and oxygen atoms in total. The first kappa shape index (κ1) is 22.3. The molecule has 1 aromatic carbocycles. The largest absolute Gasteiger partial charge is 0.493 e. The molecule has 0 saturated heterocycles. The van der Waals surface area contributed by atoms with Crippen molar-refractivity contribution >= 4 is 30.1 Å². The van der Waals surface area contributed by atoms with Gasteiger partial charge < -0.3 is 26.0 Å². The van der Waals surface area contributed by atoms with Gasteiger partial charge in [0.2, 0.25) is 5.95 Å². The summed E-state index contributed by atoms with van der Waals surface area (Å²) in [4.78, 5) is 18.8. The number of carboxylic acid groups (broad SMARTS) is 1. The minimum atomic E-state index is -0.830. The molecule has 0 fully saturated rings. The molecule has 9 heteroatoms. The maximum absolute atomic E-state index is 10.7. The lowest BCUT2D eigenvalue weighted by atomic mass is 10.1. The number of carbonyl (C=O) groups is 1. The van der Waals surface area contributed by atoms with Gasteiger partial charge in [0, 0.05) is 12.8 Å². The van der Waals surface area contributed by atoms with E-state index in [1.807, 2.05) is 31.2 Å². The van der Waals surface area contributed by atoms with Gasteiger partial charge in [-0.05, 0) is 24.5 Å². The van der Waals surface area contributed by atoms with Crippen LogP contribution in [0.15, 0.2) is 24.3 Å². The molecule has 0 aliphatic heterocycles. The Balaban J connectivity index is 0.00000364. The summed E-state index contributed by atoms with van der Waals surface area (Å²) >= 11 is 0. The molecule has 0 aliphatic carbocycles. The molecular formula is C18H25ClN4O4. The van der Waals surface area contributed by atoms with Crippen LogP contribution in [0, 0.1) is 0 Å². The minimum absolute atomic E-state index is 0. The van der Waals surface area contributed by atoms with E-state index in [0.29, 0.717) is 49.7 Å². The Morgan fingerprint density at radius 1 is 1.15 bits per heavy atom. The van der Waals surface area contributed by atoms with Crippen LogP contribution in [0.25, 0.3) is 0 Å². The second-order valence-electron chi connectivity index (χ2n) is 5.65. The minimum Gasteiger partial charge on any atom is -0.493 e.